The van der Waals surface area contributed by atoms with Crippen molar-refractivity contribution in [3.63, 3.8) is 0 Å². The van der Waals surface area contributed by atoms with Gasteiger partial charge in [0.15, 0.2) is 0 Å². The van der Waals surface area contributed by atoms with Crippen LogP contribution in [0, 0.1) is 0 Å². The van der Waals surface area contributed by atoms with Gasteiger partial charge in [0.2, 0.25) is 0 Å². The van der Waals surface area contributed by atoms with Crippen molar-refractivity contribution in [1.82, 2.24) is 5.48 Å². The second-order valence-corrected chi connectivity index (χ2v) is 1.87. The van der Waals surface area contributed by atoms with Gasteiger partial charge >= 0.3 is 12.1 Å². The molecule has 0 spiro atoms. The lowest BCUT2D eigenvalue weighted by atomic mass is 10.3. The van der Waals surface area contributed by atoms with Gasteiger partial charge in [-0.25, -0.2) is 9.59 Å². The molecule has 0 aromatic carbocycles. The van der Waals surface area contributed by atoms with Gasteiger partial charge < -0.3 is 9.68 Å². The minimum atomic E-state index is -1.03. The van der Waals surface area contributed by atoms with Crippen LogP contribution in [0.2, 0.25) is 0 Å². The van der Waals surface area contributed by atoms with Crippen LogP contribution < -0.4 is 11.4 Å². The molecule has 0 fully saturated rings. The predicted octanol–water partition coefficient (Wildman–Crippen LogP) is 0.0107. The van der Waals surface area contributed by atoms with Crippen LogP contribution in [0.5, 0.6) is 0 Å². The SMILES string of the molecule is CC=C(C)C(=O)ONC(=O)ON. The normalized spacial score (nSPS) is 10.4. The van der Waals surface area contributed by atoms with Crippen LogP contribution in [0.25, 0.3) is 0 Å². The molecule has 0 heterocycles. The Hall–Kier alpha value is -1.56. The third-order valence-electron chi connectivity index (χ3n) is 1.09. The molecule has 0 bridgehead atoms. The van der Waals surface area contributed by atoms with Crippen LogP contribution in [0.15, 0.2) is 11.6 Å². The van der Waals surface area contributed by atoms with Gasteiger partial charge in [-0.3, -0.25) is 0 Å². The summed E-state index contributed by atoms with van der Waals surface area (Å²) < 4.78 is 0. The van der Waals surface area contributed by atoms with Crippen molar-refractivity contribution in [3.05, 3.63) is 11.6 Å². The van der Waals surface area contributed by atoms with Gasteiger partial charge in [0.1, 0.15) is 0 Å². The van der Waals surface area contributed by atoms with Gasteiger partial charge in [-0.2, -0.15) is 5.90 Å². The van der Waals surface area contributed by atoms with Crippen LogP contribution in [0.4, 0.5) is 4.79 Å². The average Bonchev–Trinajstić information content (AvgIpc) is 2.11. The molecule has 0 saturated heterocycles. The van der Waals surface area contributed by atoms with Crippen LogP contribution in [0.1, 0.15) is 13.8 Å². The van der Waals surface area contributed by atoms with Crippen LogP contribution in [-0.4, -0.2) is 12.1 Å². The van der Waals surface area contributed by atoms with Crippen molar-refractivity contribution in [1.29, 1.82) is 0 Å². The zero-order chi connectivity index (χ0) is 9.56. The minimum Gasteiger partial charge on any atom is -0.355 e. The Morgan fingerprint density at radius 3 is 2.50 bits per heavy atom. The van der Waals surface area contributed by atoms with Crippen molar-refractivity contribution in [3.8, 4) is 0 Å². The molecule has 0 saturated carbocycles. The Labute approximate surface area is 69.2 Å². The van der Waals surface area contributed by atoms with E-state index in [4.69, 9.17) is 0 Å². The molecule has 0 radical (unpaired) electrons. The largest absolute Gasteiger partial charge is 0.459 e. The minimum absolute atomic E-state index is 0.368. The maximum Gasteiger partial charge on any atom is 0.459 e. The summed E-state index contributed by atoms with van der Waals surface area (Å²) in [5, 5.41) is 0. The number of allylic oxidation sites excluding steroid dienone is 1. The lowest BCUT2D eigenvalue weighted by Gasteiger charge is -2.02. The Balaban J connectivity index is 3.80. The van der Waals surface area contributed by atoms with Gasteiger partial charge in [0.05, 0.1) is 0 Å². The Morgan fingerprint density at radius 1 is 1.50 bits per heavy atom. The van der Waals surface area contributed by atoms with E-state index in [0.717, 1.165) is 0 Å². The van der Waals surface area contributed by atoms with Crippen molar-refractivity contribution in [2.24, 2.45) is 5.90 Å². The molecule has 0 unspecified atom stereocenters. The molecule has 68 valence electrons. The maximum absolute atomic E-state index is 10.8. The van der Waals surface area contributed by atoms with E-state index in [0.29, 0.717) is 5.57 Å². The first-order valence-electron chi connectivity index (χ1n) is 3.12. The number of amides is 1. The summed E-state index contributed by atoms with van der Waals surface area (Å²) in [5.74, 6) is 3.78. The standard InChI is InChI=1S/C6H10N2O4/c1-3-4(2)5(9)12-8-6(10)11-7/h3H,7H2,1-2H3,(H,8,10). The summed E-state index contributed by atoms with van der Waals surface area (Å²) in [6, 6.07) is 0. The number of hydrogen-bond donors (Lipinski definition) is 2. The van der Waals surface area contributed by atoms with Gasteiger partial charge in [-0.1, -0.05) is 6.08 Å². The zero-order valence-corrected chi connectivity index (χ0v) is 6.79. The molecule has 0 aliphatic rings. The Kier molecular flexibility index (Phi) is 4.47. The molecule has 0 aliphatic carbocycles. The fourth-order valence-electron chi connectivity index (χ4n) is 0.310. The molecule has 0 aromatic heterocycles. The van der Waals surface area contributed by atoms with Crippen molar-refractivity contribution in [2.75, 3.05) is 0 Å². The predicted molar refractivity (Wildman–Crippen MR) is 39.3 cm³/mol. The number of nitrogens with one attached hydrogen (secondary N) is 1. The third-order valence-corrected chi connectivity index (χ3v) is 1.09. The van der Waals surface area contributed by atoms with Crippen LogP contribution in [0.3, 0.4) is 0 Å². The van der Waals surface area contributed by atoms with Gasteiger partial charge in [-0.15, -0.1) is 5.48 Å². The number of carbonyl (C=O) groups is 2. The molecule has 6 heteroatoms. The molecule has 0 rings (SSSR count). The van der Waals surface area contributed by atoms with E-state index in [2.05, 4.69) is 15.6 Å². The van der Waals surface area contributed by atoms with Gasteiger partial charge in [-0.05, 0) is 13.8 Å². The van der Waals surface area contributed by atoms with E-state index in [1.54, 1.807) is 12.4 Å². The molecular formula is C6H10N2O4. The van der Waals surface area contributed by atoms with Crippen LogP contribution in [-0.2, 0) is 14.5 Å². The number of hydrogen-bond acceptors (Lipinski definition) is 5. The summed E-state index contributed by atoms with van der Waals surface area (Å²) in [6.45, 7) is 3.20. The Bertz CT molecular complexity index is 212. The lowest BCUT2D eigenvalue weighted by Crippen LogP contribution is -2.29. The van der Waals surface area contributed by atoms with E-state index in [1.807, 2.05) is 0 Å². The highest BCUT2D eigenvalue weighted by Gasteiger charge is 2.07. The lowest BCUT2D eigenvalue weighted by molar-refractivity contribution is -0.144. The topological polar surface area (TPSA) is 90.6 Å². The molecule has 12 heavy (non-hydrogen) atoms. The molecule has 6 nitrogen and oxygen atoms in total. The molecular weight excluding hydrogens is 164 g/mol. The average molecular weight is 174 g/mol. The van der Waals surface area contributed by atoms with Crippen molar-refractivity contribution >= 4 is 12.1 Å². The Morgan fingerprint density at radius 2 is 2.08 bits per heavy atom. The van der Waals surface area contributed by atoms with E-state index < -0.39 is 12.1 Å². The smallest absolute Gasteiger partial charge is 0.355 e. The number of hydroxylamine groups is 1. The number of nitrogens with two attached hydrogens (primary N) is 1. The highest BCUT2D eigenvalue weighted by Crippen LogP contribution is 1.93. The first-order valence-corrected chi connectivity index (χ1v) is 3.12. The third kappa shape index (κ3) is 3.57. The monoisotopic (exact) mass is 174 g/mol. The summed E-state index contributed by atoms with van der Waals surface area (Å²) in [7, 11) is 0. The molecule has 0 aromatic rings. The van der Waals surface area contributed by atoms with E-state index in [9.17, 15) is 9.59 Å². The van der Waals surface area contributed by atoms with Crippen LogP contribution >= 0.6 is 0 Å². The molecule has 0 aliphatic heterocycles. The number of carbonyl (C=O) groups excluding carboxylic acids is 2. The highest BCUT2D eigenvalue weighted by atomic mass is 16.8. The second kappa shape index (κ2) is 5.14. The van der Waals surface area contributed by atoms with E-state index in [-0.39, 0.29) is 0 Å². The molecule has 0 atom stereocenters. The van der Waals surface area contributed by atoms with Crippen molar-refractivity contribution in [2.45, 2.75) is 13.8 Å². The maximum atomic E-state index is 10.8. The highest BCUT2D eigenvalue weighted by molar-refractivity contribution is 5.88. The number of rotatable bonds is 1. The quantitative estimate of drug-likeness (QED) is 0.431. The zero-order valence-electron chi connectivity index (χ0n) is 6.79. The van der Waals surface area contributed by atoms with Crippen molar-refractivity contribution < 1.29 is 19.3 Å². The molecule has 1 amide bonds. The summed E-state index contributed by atoms with van der Waals surface area (Å²) in [5.41, 5.74) is 2.04. The summed E-state index contributed by atoms with van der Waals surface area (Å²) >= 11 is 0. The first-order chi connectivity index (χ1) is 5.61. The molecule has 3 N–H and O–H groups in total. The fraction of sp³-hybridized carbons (Fsp3) is 0.333. The van der Waals surface area contributed by atoms with E-state index >= 15 is 0 Å². The van der Waals surface area contributed by atoms with Gasteiger partial charge in [0, 0.05) is 5.57 Å². The second-order valence-electron chi connectivity index (χ2n) is 1.87. The summed E-state index contributed by atoms with van der Waals surface area (Å²) in [6.07, 6.45) is 0.505. The first kappa shape index (κ1) is 10.4. The fourth-order valence-corrected chi connectivity index (χ4v) is 0.310. The van der Waals surface area contributed by atoms with Gasteiger partial charge in [0.25, 0.3) is 0 Å². The summed E-state index contributed by atoms with van der Waals surface area (Å²) in [4.78, 5) is 29.0. The van der Waals surface area contributed by atoms with E-state index in [1.165, 1.54) is 13.0 Å².